The number of benzene rings is 1. The van der Waals surface area contributed by atoms with E-state index in [-0.39, 0.29) is 61.8 Å². The molecule has 13 heteroatoms. The topological polar surface area (TPSA) is 104 Å². The van der Waals surface area contributed by atoms with E-state index in [0.29, 0.717) is 6.07 Å². The lowest BCUT2D eigenvalue weighted by molar-refractivity contribution is -0.137. The van der Waals surface area contributed by atoms with Crippen molar-refractivity contribution in [1.29, 1.82) is 0 Å². The van der Waals surface area contributed by atoms with Crippen molar-refractivity contribution in [3.8, 4) is 0 Å². The molecule has 3 amide bonds. The summed E-state index contributed by atoms with van der Waals surface area (Å²) in [4.78, 5) is 36.0. The van der Waals surface area contributed by atoms with Gasteiger partial charge in [0.25, 0.3) is 5.24 Å². The SMILES string of the molecule is O=C(NCCN1C(=O)CSC1=O)C1CCN(S(=O)(=O)c2cccc(C(F)(F)F)c2)CC1. The second-order valence-electron chi connectivity index (χ2n) is 7.09. The number of hydrogen-bond acceptors (Lipinski definition) is 6. The summed E-state index contributed by atoms with van der Waals surface area (Å²) < 4.78 is 65.2. The number of imide groups is 1. The standard InChI is InChI=1S/C18H20F3N3O5S2/c19-18(20,21)13-2-1-3-14(10-13)31(28,29)23-7-4-12(5-8-23)16(26)22-6-9-24-15(25)11-30-17(24)27/h1-3,10,12H,4-9,11H2,(H,22,26). The number of thioether (sulfide) groups is 1. The molecule has 1 aromatic carbocycles. The van der Waals surface area contributed by atoms with Crippen LogP contribution in [0.5, 0.6) is 0 Å². The molecule has 31 heavy (non-hydrogen) atoms. The molecule has 2 fully saturated rings. The molecule has 0 aromatic heterocycles. The molecule has 0 radical (unpaired) electrons. The largest absolute Gasteiger partial charge is 0.416 e. The Morgan fingerprint density at radius 1 is 1.19 bits per heavy atom. The molecule has 0 spiro atoms. The number of nitrogens with zero attached hydrogens (tertiary/aromatic N) is 2. The number of carbonyl (C=O) groups is 3. The molecule has 3 rings (SSSR count). The van der Waals surface area contributed by atoms with Gasteiger partial charge in [0, 0.05) is 32.1 Å². The Morgan fingerprint density at radius 3 is 2.45 bits per heavy atom. The number of alkyl halides is 3. The lowest BCUT2D eigenvalue weighted by Gasteiger charge is -2.30. The number of piperidine rings is 1. The monoisotopic (exact) mass is 479 g/mol. The van der Waals surface area contributed by atoms with Crippen LogP contribution in [-0.4, -0.2) is 66.6 Å². The average molecular weight is 480 g/mol. The molecule has 170 valence electrons. The minimum absolute atomic E-state index is 0.00357. The van der Waals surface area contributed by atoms with Crippen LogP contribution in [0.2, 0.25) is 0 Å². The number of halogens is 3. The van der Waals surface area contributed by atoms with Crippen molar-refractivity contribution in [2.75, 3.05) is 31.9 Å². The van der Waals surface area contributed by atoms with E-state index < -0.39 is 32.6 Å². The first-order valence-corrected chi connectivity index (χ1v) is 11.8. The maximum atomic E-state index is 12.9. The predicted octanol–water partition coefficient (Wildman–Crippen LogP) is 1.92. The van der Waals surface area contributed by atoms with E-state index in [1.807, 2.05) is 0 Å². The van der Waals surface area contributed by atoms with Gasteiger partial charge in [0.1, 0.15) is 0 Å². The zero-order valence-corrected chi connectivity index (χ0v) is 17.9. The van der Waals surface area contributed by atoms with Crippen LogP contribution in [0.4, 0.5) is 18.0 Å². The number of hydrogen-bond donors (Lipinski definition) is 1. The highest BCUT2D eigenvalue weighted by Gasteiger charge is 2.35. The Morgan fingerprint density at radius 2 is 1.87 bits per heavy atom. The predicted molar refractivity (Wildman–Crippen MR) is 106 cm³/mol. The van der Waals surface area contributed by atoms with Crippen LogP contribution in [0.25, 0.3) is 0 Å². The minimum Gasteiger partial charge on any atom is -0.354 e. The fourth-order valence-electron chi connectivity index (χ4n) is 3.37. The lowest BCUT2D eigenvalue weighted by atomic mass is 9.97. The molecule has 0 unspecified atom stereocenters. The lowest BCUT2D eigenvalue weighted by Crippen LogP contribution is -2.44. The Hall–Kier alpha value is -2.12. The summed E-state index contributed by atoms with van der Waals surface area (Å²) in [7, 11) is -4.12. The van der Waals surface area contributed by atoms with Crippen molar-refractivity contribution >= 4 is 38.8 Å². The van der Waals surface area contributed by atoms with Crippen LogP contribution in [0.3, 0.4) is 0 Å². The van der Waals surface area contributed by atoms with E-state index >= 15 is 0 Å². The van der Waals surface area contributed by atoms with Crippen LogP contribution in [0.15, 0.2) is 29.2 Å². The number of nitrogens with one attached hydrogen (secondary N) is 1. The normalized spacial score (nSPS) is 19.1. The third-order valence-electron chi connectivity index (χ3n) is 5.10. The van der Waals surface area contributed by atoms with E-state index in [1.54, 1.807) is 0 Å². The smallest absolute Gasteiger partial charge is 0.354 e. The summed E-state index contributed by atoms with van der Waals surface area (Å²) in [6.45, 7) is 0.158. The zero-order chi connectivity index (χ0) is 22.8. The third kappa shape index (κ3) is 5.39. The minimum atomic E-state index is -4.65. The van der Waals surface area contributed by atoms with Gasteiger partial charge in [-0.15, -0.1) is 0 Å². The molecule has 0 aliphatic carbocycles. The van der Waals surface area contributed by atoms with E-state index in [2.05, 4.69) is 5.32 Å². The van der Waals surface area contributed by atoms with Gasteiger partial charge < -0.3 is 5.32 Å². The van der Waals surface area contributed by atoms with Gasteiger partial charge in [-0.25, -0.2) is 8.42 Å². The van der Waals surface area contributed by atoms with E-state index in [4.69, 9.17) is 0 Å². The van der Waals surface area contributed by atoms with Gasteiger partial charge in [-0.3, -0.25) is 19.3 Å². The van der Waals surface area contributed by atoms with Gasteiger partial charge in [-0.05, 0) is 31.0 Å². The van der Waals surface area contributed by atoms with Crippen molar-refractivity contribution < 1.29 is 36.0 Å². The first-order chi connectivity index (χ1) is 14.5. The molecule has 8 nitrogen and oxygen atoms in total. The van der Waals surface area contributed by atoms with Crippen molar-refractivity contribution in [2.45, 2.75) is 23.9 Å². The average Bonchev–Trinajstić information content (AvgIpc) is 3.05. The van der Waals surface area contributed by atoms with Crippen LogP contribution in [0, 0.1) is 5.92 Å². The maximum Gasteiger partial charge on any atom is 0.416 e. The first kappa shape index (κ1) is 23.5. The fraction of sp³-hybridized carbons (Fsp3) is 0.500. The van der Waals surface area contributed by atoms with Gasteiger partial charge >= 0.3 is 6.18 Å². The molecule has 2 aliphatic rings. The molecule has 2 aliphatic heterocycles. The third-order valence-corrected chi connectivity index (χ3v) is 7.85. The Kier molecular flexibility index (Phi) is 6.96. The molecule has 0 bridgehead atoms. The molecular formula is C18H20F3N3O5S2. The second kappa shape index (κ2) is 9.17. The molecule has 1 aromatic rings. The molecule has 2 heterocycles. The summed E-state index contributed by atoms with van der Waals surface area (Å²) in [6, 6.07) is 3.57. The van der Waals surface area contributed by atoms with Gasteiger partial charge in [0.15, 0.2) is 0 Å². The summed E-state index contributed by atoms with van der Waals surface area (Å²) in [5, 5.41) is 2.29. The summed E-state index contributed by atoms with van der Waals surface area (Å²) in [6.07, 6.45) is -4.23. The van der Waals surface area contributed by atoms with Crippen molar-refractivity contribution in [3.63, 3.8) is 0 Å². The number of carbonyl (C=O) groups excluding carboxylic acids is 3. The van der Waals surface area contributed by atoms with Crippen molar-refractivity contribution in [1.82, 2.24) is 14.5 Å². The quantitative estimate of drug-likeness (QED) is 0.669. The summed E-state index contributed by atoms with van der Waals surface area (Å²) in [5.74, 6) is -1.00. The summed E-state index contributed by atoms with van der Waals surface area (Å²) >= 11 is 0.903. The fourth-order valence-corrected chi connectivity index (χ4v) is 5.64. The van der Waals surface area contributed by atoms with Gasteiger partial charge in [-0.2, -0.15) is 17.5 Å². The van der Waals surface area contributed by atoms with Crippen LogP contribution >= 0.6 is 11.8 Å². The highest BCUT2D eigenvalue weighted by atomic mass is 32.2. The summed E-state index contributed by atoms with van der Waals surface area (Å²) in [5.41, 5.74) is -1.05. The molecule has 0 saturated carbocycles. The Balaban J connectivity index is 1.53. The Bertz CT molecular complexity index is 960. The highest BCUT2D eigenvalue weighted by Crippen LogP contribution is 2.32. The van der Waals surface area contributed by atoms with E-state index in [9.17, 15) is 36.0 Å². The van der Waals surface area contributed by atoms with Crippen LogP contribution in [0.1, 0.15) is 18.4 Å². The number of rotatable bonds is 6. The molecular weight excluding hydrogens is 459 g/mol. The van der Waals surface area contributed by atoms with Crippen LogP contribution < -0.4 is 5.32 Å². The highest BCUT2D eigenvalue weighted by molar-refractivity contribution is 8.14. The van der Waals surface area contributed by atoms with Gasteiger partial charge in [-0.1, -0.05) is 17.8 Å². The second-order valence-corrected chi connectivity index (χ2v) is 9.96. The maximum absolute atomic E-state index is 12.9. The van der Waals surface area contributed by atoms with Crippen LogP contribution in [-0.2, 0) is 25.8 Å². The van der Waals surface area contributed by atoms with Crippen molar-refractivity contribution in [3.05, 3.63) is 29.8 Å². The number of sulfonamides is 1. The Labute approximate surface area is 181 Å². The van der Waals surface area contributed by atoms with Gasteiger partial charge in [0.2, 0.25) is 21.8 Å². The van der Waals surface area contributed by atoms with Crippen molar-refractivity contribution in [2.24, 2.45) is 5.92 Å². The zero-order valence-electron chi connectivity index (χ0n) is 16.2. The van der Waals surface area contributed by atoms with E-state index in [1.165, 1.54) is 0 Å². The first-order valence-electron chi connectivity index (χ1n) is 9.42. The number of amides is 3. The molecule has 1 N–H and O–H groups in total. The molecule has 2 saturated heterocycles. The molecule has 0 atom stereocenters. The van der Waals surface area contributed by atoms with Gasteiger partial charge in [0.05, 0.1) is 16.2 Å². The van der Waals surface area contributed by atoms with E-state index in [0.717, 1.165) is 39.2 Å².